The van der Waals surface area contributed by atoms with E-state index >= 15 is 0 Å². The first-order valence-electron chi connectivity index (χ1n) is 7.80. The maximum Gasteiger partial charge on any atom is 0.251 e. The van der Waals surface area contributed by atoms with Crippen LogP contribution >= 0.6 is 0 Å². The zero-order chi connectivity index (χ0) is 18.5. The van der Waals surface area contributed by atoms with Crippen LogP contribution in [0, 0.1) is 0 Å². The van der Waals surface area contributed by atoms with Gasteiger partial charge in [-0.05, 0) is 24.3 Å². The van der Waals surface area contributed by atoms with Crippen molar-refractivity contribution in [2.24, 2.45) is 0 Å². The molecule has 2 amide bonds. The molecule has 0 spiro atoms. The van der Waals surface area contributed by atoms with E-state index < -0.39 is 5.91 Å². The van der Waals surface area contributed by atoms with Crippen molar-refractivity contribution in [3.8, 4) is 23.0 Å². The lowest BCUT2D eigenvalue weighted by Gasteiger charge is -2.10. The Kier molecular flexibility index (Phi) is 5.12. The molecule has 0 saturated carbocycles. The van der Waals surface area contributed by atoms with Crippen molar-refractivity contribution in [3.05, 3.63) is 42.0 Å². The predicted molar refractivity (Wildman–Crippen MR) is 93.1 cm³/mol. The number of carbonyl (C=O) groups is 2. The molecule has 0 atom stereocenters. The zero-order valence-corrected chi connectivity index (χ0v) is 14.3. The zero-order valence-electron chi connectivity index (χ0n) is 14.3. The standard InChI is InChI=1S/C18H18N2O6/c1-23-13-5-11(6-14(8-13)24-2)18(22)19-9-17(21)20-12-3-4-15-16(7-12)26-10-25-15/h3-8H,9-10H2,1-2H3,(H,19,22)(H,20,21). The molecule has 0 aromatic heterocycles. The number of nitrogens with one attached hydrogen (secondary N) is 2. The second-order valence-corrected chi connectivity index (χ2v) is 5.40. The van der Waals surface area contributed by atoms with E-state index in [1.807, 2.05) is 0 Å². The van der Waals surface area contributed by atoms with Gasteiger partial charge < -0.3 is 29.6 Å². The highest BCUT2D eigenvalue weighted by molar-refractivity contribution is 5.99. The number of rotatable bonds is 6. The van der Waals surface area contributed by atoms with E-state index in [1.54, 1.807) is 36.4 Å². The summed E-state index contributed by atoms with van der Waals surface area (Å²) in [5.74, 6) is 1.38. The highest BCUT2D eigenvalue weighted by Crippen LogP contribution is 2.34. The highest BCUT2D eigenvalue weighted by atomic mass is 16.7. The predicted octanol–water partition coefficient (Wildman–Crippen LogP) is 1.80. The summed E-state index contributed by atoms with van der Waals surface area (Å²) >= 11 is 0. The second-order valence-electron chi connectivity index (χ2n) is 5.40. The van der Waals surface area contributed by atoms with Crippen LogP contribution in [0.5, 0.6) is 23.0 Å². The number of benzene rings is 2. The number of anilines is 1. The molecule has 0 saturated heterocycles. The average Bonchev–Trinajstić information content (AvgIpc) is 3.13. The molecular weight excluding hydrogens is 340 g/mol. The molecule has 0 unspecified atom stereocenters. The summed E-state index contributed by atoms with van der Waals surface area (Å²) in [6, 6.07) is 9.85. The fraction of sp³-hybridized carbons (Fsp3) is 0.222. The SMILES string of the molecule is COc1cc(OC)cc(C(=O)NCC(=O)Nc2ccc3c(c2)OCO3)c1. The number of carbonyl (C=O) groups excluding carboxylic acids is 2. The maximum atomic E-state index is 12.3. The first-order valence-corrected chi connectivity index (χ1v) is 7.80. The Balaban J connectivity index is 1.58. The van der Waals surface area contributed by atoms with Gasteiger partial charge in [0.2, 0.25) is 12.7 Å². The Labute approximate surface area is 150 Å². The van der Waals surface area contributed by atoms with Crippen LogP contribution in [-0.2, 0) is 4.79 Å². The van der Waals surface area contributed by atoms with Crippen LogP contribution in [0.4, 0.5) is 5.69 Å². The molecule has 0 bridgehead atoms. The van der Waals surface area contributed by atoms with E-state index in [-0.39, 0.29) is 19.2 Å². The molecule has 8 heteroatoms. The van der Waals surface area contributed by atoms with Gasteiger partial charge in [0.05, 0.1) is 20.8 Å². The summed E-state index contributed by atoms with van der Waals surface area (Å²) < 4.78 is 20.7. The monoisotopic (exact) mass is 358 g/mol. The summed E-state index contributed by atoms with van der Waals surface area (Å²) in [5.41, 5.74) is 0.883. The van der Waals surface area contributed by atoms with Crippen LogP contribution in [0.25, 0.3) is 0 Å². The third kappa shape index (κ3) is 3.97. The molecule has 26 heavy (non-hydrogen) atoms. The summed E-state index contributed by atoms with van der Waals surface area (Å²) in [4.78, 5) is 24.3. The van der Waals surface area contributed by atoms with E-state index in [2.05, 4.69) is 10.6 Å². The van der Waals surface area contributed by atoms with Gasteiger partial charge in [0, 0.05) is 23.4 Å². The van der Waals surface area contributed by atoms with Crippen molar-refractivity contribution in [1.29, 1.82) is 0 Å². The third-order valence-electron chi connectivity index (χ3n) is 3.68. The van der Waals surface area contributed by atoms with E-state index in [0.29, 0.717) is 34.2 Å². The fourth-order valence-electron chi connectivity index (χ4n) is 2.38. The molecular formula is C18H18N2O6. The molecule has 2 N–H and O–H groups in total. The van der Waals surface area contributed by atoms with Gasteiger partial charge in [-0.25, -0.2) is 0 Å². The Bertz CT molecular complexity index is 814. The second kappa shape index (κ2) is 7.64. The molecule has 1 aliphatic heterocycles. The molecule has 8 nitrogen and oxygen atoms in total. The van der Waals surface area contributed by atoms with Crippen molar-refractivity contribution in [1.82, 2.24) is 5.32 Å². The molecule has 0 fully saturated rings. The Morgan fingerprint density at radius 1 is 1.00 bits per heavy atom. The number of ether oxygens (including phenoxy) is 4. The van der Waals surface area contributed by atoms with Gasteiger partial charge in [-0.1, -0.05) is 0 Å². The van der Waals surface area contributed by atoms with Gasteiger partial charge in [0.1, 0.15) is 11.5 Å². The normalized spacial score (nSPS) is 11.6. The smallest absolute Gasteiger partial charge is 0.251 e. The molecule has 0 aliphatic carbocycles. The van der Waals surface area contributed by atoms with Crippen molar-refractivity contribution in [2.45, 2.75) is 0 Å². The molecule has 136 valence electrons. The van der Waals surface area contributed by atoms with Gasteiger partial charge in [0.25, 0.3) is 5.91 Å². The summed E-state index contributed by atoms with van der Waals surface area (Å²) in [6.45, 7) is -0.0282. The molecule has 2 aromatic rings. The number of amides is 2. The average molecular weight is 358 g/mol. The summed E-state index contributed by atoms with van der Waals surface area (Å²) in [6.07, 6.45) is 0. The third-order valence-corrected chi connectivity index (χ3v) is 3.68. The molecule has 2 aromatic carbocycles. The number of hydrogen-bond acceptors (Lipinski definition) is 6. The lowest BCUT2D eigenvalue weighted by molar-refractivity contribution is -0.115. The van der Waals surface area contributed by atoms with E-state index in [9.17, 15) is 9.59 Å². The van der Waals surface area contributed by atoms with Crippen LogP contribution in [0.3, 0.4) is 0 Å². The van der Waals surface area contributed by atoms with Crippen molar-refractivity contribution in [3.63, 3.8) is 0 Å². The quantitative estimate of drug-likeness (QED) is 0.818. The summed E-state index contributed by atoms with van der Waals surface area (Å²) in [7, 11) is 2.99. The van der Waals surface area contributed by atoms with Gasteiger partial charge in [0.15, 0.2) is 11.5 Å². The fourth-order valence-corrected chi connectivity index (χ4v) is 2.38. The molecule has 3 rings (SSSR count). The van der Waals surface area contributed by atoms with Gasteiger partial charge >= 0.3 is 0 Å². The molecule has 1 aliphatic rings. The van der Waals surface area contributed by atoms with E-state index in [0.717, 1.165) is 0 Å². The Morgan fingerprint density at radius 2 is 1.69 bits per heavy atom. The first kappa shape index (κ1) is 17.4. The van der Waals surface area contributed by atoms with Crippen LogP contribution in [0.2, 0.25) is 0 Å². The minimum Gasteiger partial charge on any atom is -0.497 e. The van der Waals surface area contributed by atoms with Crippen LogP contribution < -0.4 is 29.6 Å². The number of hydrogen-bond donors (Lipinski definition) is 2. The highest BCUT2D eigenvalue weighted by Gasteiger charge is 2.15. The Hall–Kier alpha value is -3.42. The molecule has 1 heterocycles. The van der Waals surface area contributed by atoms with Crippen LogP contribution in [-0.4, -0.2) is 39.4 Å². The van der Waals surface area contributed by atoms with Gasteiger partial charge in [-0.2, -0.15) is 0 Å². The minimum absolute atomic E-state index is 0.160. The van der Waals surface area contributed by atoms with Crippen molar-refractivity contribution < 1.29 is 28.5 Å². The van der Waals surface area contributed by atoms with E-state index in [4.69, 9.17) is 18.9 Å². The van der Waals surface area contributed by atoms with Crippen molar-refractivity contribution in [2.75, 3.05) is 32.9 Å². The lowest BCUT2D eigenvalue weighted by atomic mass is 10.2. The van der Waals surface area contributed by atoms with Crippen LogP contribution in [0.15, 0.2) is 36.4 Å². The van der Waals surface area contributed by atoms with Crippen molar-refractivity contribution >= 4 is 17.5 Å². The lowest BCUT2D eigenvalue weighted by Crippen LogP contribution is -2.32. The number of fused-ring (bicyclic) bond motifs is 1. The van der Waals surface area contributed by atoms with Gasteiger partial charge in [-0.3, -0.25) is 9.59 Å². The maximum absolute atomic E-state index is 12.3. The first-order chi connectivity index (χ1) is 12.6. The summed E-state index contributed by atoms with van der Waals surface area (Å²) in [5, 5.41) is 5.24. The topological polar surface area (TPSA) is 95.1 Å². The van der Waals surface area contributed by atoms with Crippen LogP contribution in [0.1, 0.15) is 10.4 Å². The Morgan fingerprint density at radius 3 is 2.38 bits per heavy atom. The minimum atomic E-state index is -0.414. The van der Waals surface area contributed by atoms with E-state index in [1.165, 1.54) is 14.2 Å². The number of methoxy groups -OCH3 is 2. The largest absolute Gasteiger partial charge is 0.497 e. The van der Waals surface area contributed by atoms with Gasteiger partial charge in [-0.15, -0.1) is 0 Å². The molecule has 0 radical (unpaired) electrons.